The van der Waals surface area contributed by atoms with Gasteiger partial charge in [0.1, 0.15) is 17.0 Å². The van der Waals surface area contributed by atoms with Crippen LogP contribution in [0.25, 0.3) is 44.1 Å². The summed E-state index contributed by atoms with van der Waals surface area (Å²) in [5.74, 6) is 2.33. The molecular formula is C42H54IrNO4-. The summed E-state index contributed by atoms with van der Waals surface area (Å²) in [6.45, 7) is 23.4. The Bertz CT molecular complexity index is 1870. The maximum absolute atomic E-state index is 11.7. The van der Waals surface area contributed by atoms with Crippen LogP contribution in [0.4, 0.5) is 0 Å². The van der Waals surface area contributed by atoms with E-state index in [0.717, 1.165) is 82.3 Å². The van der Waals surface area contributed by atoms with Crippen LogP contribution in [0, 0.1) is 30.2 Å². The molecule has 261 valence electrons. The summed E-state index contributed by atoms with van der Waals surface area (Å²) in [7, 11) is 0. The quantitative estimate of drug-likeness (QED) is 0.0910. The van der Waals surface area contributed by atoms with Crippen LogP contribution in [0.2, 0.25) is 0 Å². The Balaban J connectivity index is 0.000000334. The number of rotatable bonds is 9. The van der Waals surface area contributed by atoms with E-state index in [-0.39, 0.29) is 54.3 Å². The van der Waals surface area contributed by atoms with Crippen LogP contribution >= 0.6 is 0 Å². The van der Waals surface area contributed by atoms with Crippen LogP contribution in [0.3, 0.4) is 0 Å². The van der Waals surface area contributed by atoms with Gasteiger partial charge in [0.05, 0.1) is 5.76 Å². The molecule has 0 unspecified atom stereocenters. The number of benzene rings is 2. The molecule has 0 amide bonds. The minimum Gasteiger partial charge on any atom is -0.512 e. The van der Waals surface area contributed by atoms with Gasteiger partial charge in [-0.25, -0.2) is 0 Å². The monoisotopic (exact) mass is 829 g/mol. The van der Waals surface area contributed by atoms with Crippen molar-refractivity contribution in [2.75, 3.05) is 0 Å². The minimum atomic E-state index is -0.00725. The maximum Gasteiger partial charge on any atom is 0.194 e. The zero-order chi connectivity index (χ0) is 34.7. The molecule has 0 spiro atoms. The summed E-state index contributed by atoms with van der Waals surface area (Å²) in [5, 5.41) is 13.1. The molecule has 1 radical (unpaired) electrons. The van der Waals surface area contributed by atoms with Crippen molar-refractivity contribution in [1.29, 1.82) is 0 Å². The molecule has 6 heteroatoms. The van der Waals surface area contributed by atoms with Gasteiger partial charge in [-0.05, 0) is 49.5 Å². The van der Waals surface area contributed by atoms with Crippen LogP contribution in [0.15, 0.2) is 63.1 Å². The average molecular weight is 829 g/mol. The molecule has 0 fully saturated rings. The van der Waals surface area contributed by atoms with E-state index < -0.39 is 0 Å². The van der Waals surface area contributed by atoms with Crippen molar-refractivity contribution in [2.24, 2.45) is 17.3 Å². The standard InChI is InChI=1S/C29H30NO2.C13H24O2.Ir/c1-17-12-24-27(31-17)26-22(15-20(32-26)16-28(2,3)4)25(30-24)19-13-18-10-8-9-11-21(18)23(14-19)29(5,6)7;1-5-10(6-2)12(14)9-13(15)11(7-3)8-4;/h8-12,14-15H,16H2,1-7H3;9-11,14H,5-8H2,1-4H3;/q-1;;/b;12-9-;. The number of fused-ring (bicyclic) bond motifs is 4. The smallest absolute Gasteiger partial charge is 0.194 e. The average Bonchev–Trinajstić information content (AvgIpc) is 3.58. The van der Waals surface area contributed by atoms with E-state index in [4.69, 9.17) is 13.8 Å². The Kier molecular flexibility index (Phi) is 13.1. The number of aliphatic hydroxyl groups excluding tert-OH is 1. The first-order valence-electron chi connectivity index (χ1n) is 17.3. The molecule has 5 nitrogen and oxygen atoms in total. The van der Waals surface area contributed by atoms with Crippen LogP contribution < -0.4 is 0 Å². The summed E-state index contributed by atoms with van der Waals surface area (Å²) < 4.78 is 12.4. The van der Waals surface area contributed by atoms with E-state index in [1.54, 1.807) is 0 Å². The number of hydrogen-bond donors (Lipinski definition) is 1. The van der Waals surface area contributed by atoms with Crippen molar-refractivity contribution in [3.05, 3.63) is 77.5 Å². The largest absolute Gasteiger partial charge is 0.512 e. The fraction of sp³-hybridized carbons (Fsp3) is 0.476. The van der Waals surface area contributed by atoms with Crippen LogP contribution in [0.1, 0.15) is 112 Å². The van der Waals surface area contributed by atoms with Gasteiger partial charge in [0.25, 0.3) is 0 Å². The molecule has 3 heterocycles. The van der Waals surface area contributed by atoms with Gasteiger partial charge in [0.15, 0.2) is 16.9 Å². The number of aromatic nitrogens is 1. The van der Waals surface area contributed by atoms with Crippen LogP contribution in [-0.4, -0.2) is 15.9 Å². The van der Waals surface area contributed by atoms with Gasteiger partial charge in [-0.15, -0.1) is 29.1 Å². The number of ketones is 1. The van der Waals surface area contributed by atoms with E-state index in [2.05, 4.69) is 84.0 Å². The second-order valence-corrected chi connectivity index (χ2v) is 15.1. The molecule has 0 aliphatic heterocycles. The molecule has 2 aromatic carbocycles. The number of pyridine rings is 1. The minimum absolute atomic E-state index is 0. The third-order valence-electron chi connectivity index (χ3n) is 8.94. The maximum atomic E-state index is 11.7. The number of nitrogens with zero attached hydrogens (tertiary/aromatic N) is 1. The molecule has 5 rings (SSSR count). The van der Waals surface area contributed by atoms with E-state index >= 15 is 0 Å². The second-order valence-electron chi connectivity index (χ2n) is 15.1. The summed E-state index contributed by atoms with van der Waals surface area (Å²) in [6.07, 6.45) is 5.75. The summed E-state index contributed by atoms with van der Waals surface area (Å²) in [6, 6.07) is 18.5. The van der Waals surface area contributed by atoms with Gasteiger partial charge in [-0.2, -0.15) is 0 Å². The number of aryl methyl sites for hydroxylation is 1. The molecule has 5 aromatic rings. The van der Waals surface area contributed by atoms with Crippen LogP contribution in [0.5, 0.6) is 0 Å². The fourth-order valence-corrected chi connectivity index (χ4v) is 6.29. The van der Waals surface area contributed by atoms with Gasteiger partial charge in [0, 0.05) is 61.6 Å². The fourth-order valence-electron chi connectivity index (χ4n) is 6.29. The summed E-state index contributed by atoms with van der Waals surface area (Å²) in [4.78, 5) is 16.8. The molecule has 1 N–H and O–H groups in total. The Morgan fingerprint density at radius 2 is 1.50 bits per heavy atom. The predicted molar refractivity (Wildman–Crippen MR) is 196 cm³/mol. The third kappa shape index (κ3) is 9.07. The topological polar surface area (TPSA) is 76.5 Å². The number of aliphatic hydroxyl groups is 1. The number of allylic oxidation sites excluding steroid dienone is 2. The molecule has 0 saturated carbocycles. The van der Waals surface area contributed by atoms with Crippen LogP contribution in [-0.2, 0) is 36.7 Å². The zero-order valence-corrected chi connectivity index (χ0v) is 33.2. The van der Waals surface area contributed by atoms with E-state index in [1.165, 1.54) is 17.0 Å². The van der Waals surface area contributed by atoms with Crippen molar-refractivity contribution >= 4 is 38.6 Å². The van der Waals surface area contributed by atoms with Gasteiger partial charge < -0.3 is 13.9 Å². The second kappa shape index (κ2) is 16.0. The summed E-state index contributed by atoms with van der Waals surface area (Å²) in [5.41, 5.74) is 5.60. The Labute approximate surface area is 300 Å². The summed E-state index contributed by atoms with van der Waals surface area (Å²) >= 11 is 0. The Morgan fingerprint density at radius 1 is 0.875 bits per heavy atom. The van der Waals surface area contributed by atoms with Crippen molar-refractivity contribution in [3.8, 4) is 11.3 Å². The van der Waals surface area contributed by atoms with Gasteiger partial charge in [-0.1, -0.05) is 98.4 Å². The number of furan rings is 2. The Hall–Kier alpha value is -3.21. The number of hydrogen-bond acceptors (Lipinski definition) is 5. The van der Waals surface area contributed by atoms with Crippen molar-refractivity contribution in [1.82, 2.24) is 4.98 Å². The normalized spacial score (nSPS) is 12.6. The molecule has 0 atom stereocenters. The molecule has 0 saturated heterocycles. The number of carbonyl (C=O) groups is 1. The first-order chi connectivity index (χ1) is 22.1. The van der Waals surface area contributed by atoms with Crippen molar-refractivity contribution in [3.63, 3.8) is 0 Å². The number of carbonyl (C=O) groups excluding carboxylic acids is 1. The molecule has 48 heavy (non-hydrogen) atoms. The SMILES string of the molecule is CCC(CC)C(=O)/C=C(\O)C(CC)CC.Cc1cc2nc(-c3[c-]c4ccccc4c(C(C)(C)C)c3)c3cc(CC(C)(C)C)oc3c2o1.[Ir]. The van der Waals surface area contributed by atoms with Crippen molar-refractivity contribution in [2.45, 2.75) is 114 Å². The predicted octanol–water partition coefficient (Wildman–Crippen LogP) is 12.3. The molecule has 3 aromatic heterocycles. The van der Waals surface area contributed by atoms with Crippen molar-refractivity contribution < 1.29 is 38.8 Å². The first-order valence-corrected chi connectivity index (χ1v) is 17.3. The molecule has 0 aliphatic rings. The Morgan fingerprint density at radius 3 is 2.08 bits per heavy atom. The molecule has 0 aliphatic carbocycles. The van der Waals surface area contributed by atoms with Gasteiger partial charge in [0.2, 0.25) is 0 Å². The van der Waals surface area contributed by atoms with Gasteiger partial charge >= 0.3 is 0 Å². The molecular weight excluding hydrogens is 775 g/mol. The van der Waals surface area contributed by atoms with E-state index in [9.17, 15) is 9.90 Å². The van der Waals surface area contributed by atoms with E-state index in [0.29, 0.717) is 0 Å². The third-order valence-corrected chi connectivity index (χ3v) is 8.94. The first kappa shape index (κ1) is 39.2. The zero-order valence-electron chi connectivity index (χ0n) is 30.8. The van der Waals surface area contributed by atoms with E-state index in [1.807, 2.05) is 40.7 Å². The van der Waals surface area contributed by atoms with Gasteiger partial charge in [-0.3, -0.25) is 9.78 Å². The molecule has 0 bridgehead atoms.